The summed E-state index contributed by atoms with van der Waals surface area (Å²) in [4.78, 5) is 15.2. The largest absolute Gasteiger partial charge is 0.465 e. The van der Waals surface area contributed by atoms with Crippen LogP contribution < -0.4 is 4.72 Å². The number of hydrogen-bond donors (Lipinski definition) is 2. The van der Waals surface area contributed by atoms with Gasteiger partial charge in [-0.3, -0.25) is 0 Å². The highest BCUT2D eigenvalue weighted by Gasteiger charge is 2.35. The summed E-state index contributed by atoms with van der Waals surface area (Å²) in [6.07, 6.45) is 2.62. The second-order valence-electron chi connectivity index (χ2n) is 7.99. The molecular formula is C16H31N3O4S. The average Bonchev–Trinajstić information content (AvgIpc) is 3.29. The van der Waals surface area contributed by atoms with Crippen LogP contribution in [0.1, 0.15) is 46.5 Å². The number of amides is 1. The Morgan fingerprint density at radius 2 is 1.79 bits per heavy atom. The molecule has 0 bridgehead atoms. The van der Waals surface area contributed by atoms with Crippen LogP contribution in [-0.4, -0.2) is 72.9 Å². The normalized spacial score (nSPS) is 21.0. The predicted molar refractivity (Wildman–Crippen MR) is 93.6 cm³/mol. The monoisotopic (exact) mass is 361 g/mol. The summed E-state index contributed by atoms with van der Waals surface area (Å²) in [5.74, 6) is 0.375. The van der Waals surface area contributed by atoms with E-state index in [4.69, 9.17) is 0 Å². The molecule has 2 fully saturated rings. The predicted octanol–water partition coefficient (Wildman–Crippen LogP) is 1.56. The van der Waals surface area contributed by atoms with E-state index in [-0.39, 0.29) is 10.8 Å². The van der Waals surface area contributed by atoms with Crippen LogP contribution in [0.2, 0.25) is 0 Å². The minimum atomic E-state index is -3.09. The quantitative estimate of drug-likeness (QED) is 0.718. The average molecular weight is 362 g/mol. The molecule has 1 aliphatic carbocycles. The number of hydrogen-bond acceptors (Lipinski definition) is 4. The molecule has 8 heteroatoms. The zero-order chi connectivity index (χ0) is 18.0. The highest BCUT2D eigenvalue weighted by Crippen LogP contribution is 2.27. The molecule has 2 rings (SSSR count). The van der Waals surface area contributed by atoms with Crippen molar-refractivity contribution in [1.82, 2.24) is 14.5 Å². The van der Waals surface area contributed by atoms with Crippen LogP contribution in [-0.2, 0) is 10.0 Å². The van der Waals surface area contributed by atoms with Gasteiger partial charge in [0.05, 0.1) is 5.25 Å². The smallest absolute Gasteiger partial charge is 0.407 e. The second-order valence-corrected chi connectivity index (χ2v) is 10.0. The minimum Gasteiger partial charge on any atom is -0.465 e. The Bertz CT molecular complexity index is 532. The van der Waals surface area contributed by atoms with Gasteiger partial charge in [-0.25, -0.2) is 17.9 Å². The lowest BCUT2D eigenvalue weighted by Crippen LogP contribution is -2.49. The van der Waals surface area contributed by atoms with Crippen molar-refractivity contribution in [2.24, 2.45) is 5.92 Å². The zero-order valence-electron chi connectivity index (χ0n) is 15.0. The van der Waals surface area contributed by atoms with Crippen LogP contribution in [0.5, 0.6) is 0 Å². The Kier molecular flexibility index (Phi) is 6.14. The van der Waals surface area contributed by atoms with Crippen LogP contribution in [0.15, 0.2) is 0 Å². The van der Waals surface area contributed by atoms with E-state index in [9.17, 15) is 18.3 Å². The molecule has 24 heavy (non-hydrogen) atoms. The highest BCUT2D eigenvalue weighted by molar-refractivity contribution is 7.90. The number of rotatable bonds is 7. The highest BCUT2D eigenvalue weighted by atomic mass is 32.2. The van der Waals surface area contributed by atoms with Crippen LogP contribution >= 0.6 is 0 Å². The first-order chi connectivity index (χ1) is 11.1. The van der Waals surface area contributed by atoms with E-state index in [0.29, 0.717) is 19.0 Å². The summed E-state index contributed by atoms with van der Waals surface area (Å²) >= 11 is 0. The van der Waals surface area contributed by atoms with Crippen molar-refractivity contribution in [2.45, 2.75) is 57.2 Å². The lowest BCUT2D eigenvalue weighted by molar-refractivity contribution is 0.0745. The summed E-state index contributed by atoms with van der Waals surface area (Å²) in [5, 5.41) is 9.22. The van der Waals surface area contributed by atoms with Crippen molar-refractivity contribution < 1.29 is 18.3 Å². The van der Waals surface area contributed by atoms with Crippen molar-refractivity contribution >= 4 is 16.1 Å². The number of carboxylic acid groups (broad SMARTS) is 1. The van der Waals surface area contributed by atoms with Gasteiger partial charge in [0, 0.05) is 25.2 Å². The topological polar surface area (TPSA) is 90.0 Å². The van der Waals surface area contributed by atoms with Crippen molar-refractivity contribution in [3.8, 4) is 0 Å². The molecule has 1 amide bonds. The molecule has 0 aromatic rings. The van der Waals surface area contributed by atoms with Crippen molar-refractivity contribution in [2.75, 3.05) is 32.7 Å². The molecule has 140 valence electrons. The number of likely N-dealkylation sites (tertiary alicyclic amines) is 1. The van der Waals surface area contributed by atoms with Gasteiger partial charge in [0.2, 0.25) is 10.0 Å². The van der Waals surface area contributed by atoms with E-state index in [1.165, 1.54) is 4.90 Å². The molecule has 0 atom stereocenters. The lowest BCUT2D eigenvalue weighted by atomic mass is 9.94. The molecule has 0 spiro atoms. The Balaban J connectivity index is 1.70. The van der Waals surface area contributed by atoms with Crippen LogP contribution in [0, 0.1) is 5.92 Å². The van der Waals surface area contributed by atoms with Gasteiger partial charge < -0.3 is 14.9 Å². The first kappa shape index (κ1) is 19.5. The molecule has 0 unspecified atom stereocenters. The van der Waals surface area contributed by atoms with Gasteiger partial charge in [-0.2, -0.15) is 0 Å². The summed E-state index contributed by atoms with van der Waals surface area (Å²) in [7, 11) is -3.09. The summed E-state index contributed by atoms with van der Waals surface area (Å²) in [5.41, 5.74) is -0.385. The van der Waals surface area contributed by atoms with E-state index < -0.39 is 16.1 Å². The van der Waals surface area contributed by atoms with Gasteiger partial charge >= 0.3 is 6.09 Å². The van der Waals surface area contributed by atoms with Crippen LogP contribution in [0.4, 0.5) is 4.79 Å². The third-order valence-corrected chi connectivity index (χ3v) is 6.84. The third-order valence-electron chi connectivity index (χ3n) is 4.88. The molecule has 1 aliphatic heterocycles. The van der Waals surface area contributed by atoms with E-state index in [1.54, 1.807) is 0 Å². The van der Waals surface area contributed by atoms with Gasteiger partial charge in [0.25, 0.3) is 0 Å². The number of piperidine rings is 1. The standard InChI is InChI=1S/C16H31N3O4S/c1-16(2,3)19(15(20)21)12-13-6-9-18(10-7-13)11-8-17-24(22,23)14-4-5-14/h13-14,17H,4-12H2,1-3H3,(H,20,21). The Morgan fingerprint density at radius 1 is 1.21 bits per heavy atom. The molecule has 1 saturated carbocycles. The van der Waals surface area contributed by atoms with E-state index in [1.807, 2.05) is 20.8 Å². The first-order valence-electron chi connectivity index (χ1n) is 8.81. The number of nitrogens with zero attached hydrogens (tertiary/aromatic N) is 2. The van der Waals surface area contributed by atoms with E-state index >= 15 is 0 Å². The maximum absolute atomic E-state index is 11.8. The third kappa shape index (κ3) is 5.60. The molecule has 2 aliphatic rings. The maximum Gasteiger partial charge on any atom is 0.407 e. The van der Waals surface area contributed by atoms with Crippen LogP contribution in [0.25, 0.3) is 0 Å². The SMILES string of the molecule is CC(C)(C)N(CC1CCN(CCNS(=O)(=O)C2CC2)CC1)C(=O)O. The molecular weight excluding hydrogens is 330 g/mol. The van der Waals surface area contributed by atoms with E-state index in [0.717, 1.165) is 45.3 Å². The van der Waals surface area contributed by atoms with Crippen LogP contribution in [0.3, 0.4) is 0 Å². The summed E-state index contributed by atoms with van der Waals surface area (Å²) in [6, 6.07) is 0. The second kappa shape index (κ2) is 7.58. The number of sulfonamides is 1. The minimum absolute atomic E-state index is 0.164. The zero-order valence-corrected chi connectivity index (χ0v) is 15.8. The molecule has 1 saturated heterocycles. The van der Waals surface area contributed by atoms with Gasteiger partial charge in [-0.05, 0) is 65.5 Å². The molecule has 0 radical (unpaired) electrons. The summed E-state index contributed by atoms with van der Waals surface area (Å²) in [6.45, 7) is 9.31. The lowest BCUT2D eigenvalue weighted by Gasteiger charge is -2.39. The fourth-order valence-corrected chi connectivity index (χ4v) is 4.50. The summed E-state index contributed by atoms with van der Waals surface area (Å²) < 4.78 is 26.2. The number of carbonyl (C=O) groups is 1. The van der Waals surface area contributed by atoms with Gasteiger partial charge in [-0.15, -0.1) is 0 Å². The Hall–Kier alpha value is -0.860. The van der Waals surface area contributed by atoms with Gasteiger partial charge in [0.1, 0.15) is 0 Å². The molecule has 2 N–H and O–H groups in total. The maximum atomic E-state index is 11.8. The Morgan fingerprint density at radius 3 is 2.25 bits per heavy atom. The first-order valence-corrected chi connectivity index (χ1v) is 10.4. The van der Waals surface area contributed by atoms with E-state index in [2.05, 4.69) is 9.62 Å². The van der Waals surface area contributed by atoms with Crippen molar-refractivity contribution in [3.63, 3.8) is 0 Å². The number of nitrogens with one attached hydrogen (secondary N) is 1. The van der Waals surface area contributed by atoms with Gasteiger partial charge in [-0.1, -0.05) is 0 Å². The fraction of sp³-hybridized carbons (Fsp3) is 0.938. The molecule has 7 nitrogen and oxygen atoms in total. The fourth-order valence-electron chi connectivity index (χ4n) is 3.13. The molecule has 1 heterocycles. The van der Waals surface area contributed by atoms with Crippen molar-refractivity contribution in [1.29, 1.82) is 0 Å². The molecule has 0 aromatic heterocycles. The Labute approximate surface area is 145 Å². The molecule has 0 aromatic carbocycles. The van der Waals surface area contributed by atoms with Crippen molar-refractivity contribution in [3.05, 3.63) is 0 Å². The van der Waals surface area contributed by atoms with Gasteiger partial charge in [0.15, 0.2) is 0 Å².